The third-order valence-electron chi connectivity index (χ3n) is 2.94. The van der Waals surface area contributed by atoms with Crippen molar-refractivity contribution in [3.63, 3.8) is 0 Å². The Hall–Kier alpha value is -1.88. The molecular weight excluding hydrogens is 316 g/mol. The van der Waals surface area contributed by atoms with Gasteiger partial charge in [0.05, 0.1) is 0 Å². The van der Waals surface area contributed by atoms with Crippen molar-refractivity contribution in [1.29, 1.82) is 0 Å². The zero-order valence-corrected chi connectivity index (χ0v) is 12.1. The van der Waals surface area contributed by atoms with Gasteiger partial charge in [-0.2, -0.15) is 8.78 Å². The lowest BCUT2D eigenvalue weighted by molar-refractivity contribution is 0.0564. The molecule has 0 aromatic heterocycles. The van der Waals surface area contributed by atoms with Gasteiger partial charge in [0.2, 0.25) is 0 Å². The van der Waals surface area contributed by atoms with Crippen LogP contribution in [0.4, 0.5) is 13.2 Å². The average molecular weight is 328 g/mol. The Morgan fingerprint density at radius 2 is 1.55 bits per heavy atom. The summed E-state index contributed by atoms with van der Waals surface area (Å²) in [7, 11) is -5.59. The summed E-state index contributed by atoms with van der Waals surface area (Å²) >= 11 is 0. The second kappa shape index (κ2) is 6.08. The van der Waals surface area contributed by atoms with Crippen LogP contribution in [-0.2, 0) is 10.2 Å². The molecule has 0 saturated carbocycles. The quantitative estimate of drug-likeness (QED) is 0.652. The third kappa shape index (κ3) is 3.65. The van der Waals surface area contributed by atoms with Gasteiger partial charge in [-0.25, -0.2) is 4.39 Å². The van der Waals surface area contributed by atoms with Gasteiger partial charge in [-0.3, -0.25) is 4.57 Å². The normalized spacial score (nSPS) is 12.8. The highest BCUT2D eigenvalue weighted by Crippen LogP contribution is 2.59. The number of hydrogen-bond donors (Lipinski definition) is 2. The van der Waals surface area contributed by atoms with E-state index in [1.807, 2.05) is 0 Å². The Labute approximate surface area is 124 Å². The first kappa shape index (κ1) is 16.5. The van der Waals surface area contributed by atoms with Gasteiger partial charge in [0.25, 0.3) is 0 Å². The van der Waals surface area contributed by atoms with Gasteiger partial charge in [-0.1, -0.05) is 42.5 Å². The lowest BCUT2D eigenvalue weighted by atomic mass is 10.1. The Kier molecular flexibility index (Phi) is 4.56. The van der Waals surface area contributed by atoms with E-state index in [2.05, 4.69) is 0 Å². The molecule has 0 aliphatic carbocycles. The zero-order chi connectivity index (χ0) is 16.4. The summed E-state index contributed by atoms with van der Waals surface area (Å²) in [5, 5.41) is 0. The summed E-state index contributed by atoms with van der Waals surface area (Å²) in [5.41, 5.74) is -4.00. The molecule has 22 heavy (non-hydrogen) atoms. The molecule has 116 valence electrons. The number of hydrogen-bond acceptors (Lipinski definition) is 1. The molecular formula is C15H12F3O3P. The van der Waals surface area contributed by atoms with Gasteiger partial charge < -0.3 is 9.79 Å². The van der Waals surface area contributed by atoms with E-state index in [-0.39, 0.29) is 5.82 Å². The summed E-state index contributed by atoms with van der Waals surface area (Å²) in [4.78, 5) is 17.5. The van der Waals surface area contributed by atoms with Crippen molar-refractivity contribution in [2.45, 2.75) is 5.66 Å². The molecule has 0 spiro atoms. The summed E-state index contributed by atoms with van der Waals surface area (Å²) < 4.78 is 50.9. The summed E-state index contributed by atoms with van der Waals surface area (Å²) in [6.07, 6.45) is 3.07. The molecule has 0 aliphatic heterocycles. The molecule has 0 aliphatic rings. The zero-order valence-electron chi connectivity index (χ0n) is 11.2. The first-order chi connectivity index (χ1) is 10.2. The molecule has 0 unspecified atom stereocenters. The van der Waals surface area contributed by atoms with Gasteiger partial charge in [0, 0.05) is 5.56 Å². The van der Waals surface area contributed by atoms with Gasteiger partial charge >= 0.3 is 13.3 Å². The largest absolute Gasteiger partial charge is 0.399 e. The minimum atomic E-state index is -5.59. The molecule has 0 radical (unpaired) electrons. The maximum atomic E-state index is 13.6. The molecule has 2 aromatic carbocycles. The Balaban J connectivity index is 2.29. The van der Waals surface area contributed by atoms with E-state index in [9.17, 15) is 17.7 Å². The topological polar surface area (TPSA) is 57.5 Å². The van der Waals surface area contributed by atoms with Crippen LogP contribution in [0.5, 0.6) is 0 Å². The van der Waals surface area contributed by atoms with Crippen LogP contribution in [-0.4, -0.2) is 9.79 Å². The SMILES string of the molecule is O=P(O)(O)C(F)(F)c1cccc(/C=C\c2ccc(F)cc2)c1. The smallest absolute Gasteiger partial charge is 0.320 e. The summed E-state index contributed by atoms with van der Waals surface area (Å²) in [5.74, 6) is -0.388. The van der Waals surface area contributed by atoms with Crippen molar-refractivity contribution >= 4 is 19.7 Å². The van der Waals surface area contributed by atoms with Gasteiger partial charge in [-0.15, -0.1) is 0 Å². The van der Waals surface area contributed by atoms with E-state index in [4.69, 9.17) is 9.79 Å². The predicted octanol–water partition coefficient (Wildman–Crippen LogP) is 4.22. The van der Waals surface area contributed by atoms with E-state index >= 15 is 0 Å². The highest BCUT2D eigenvalue weighted by molar-refractivity contribution is 7.52. The van der Waals surface area contributed by atoms with E-state index < -0.39 is 18.8 Å². The fraction of sp³-hybridized carbons (Fsp3) is 0.0667. The molecule has 3 nitrogen and oxygen atoms in total. The van der Waals surface area contributed by atoms with Crippen molar-refractivity contribution in [2.24, 2.45) is 0 Å². The molecule has 2 aromatic rings. The molecule has 0 bridgehead atoms. The summed E-state index contributed by atoms with van der Waals surface area (Å²) in [6, 6.07) is 10.3. The summed E-state index contributed by atoms with van der Waals surface area (Å²) in [6.45, 7) is 0. The molecule has 2 rings (SSSR count). The second-order valence-electron chi connectivity index (χ2n) is 4.60. The predicted molar refractivity (Wildman–Crippen MR) is 77.7 cm³/mol. The van der Waals surface area contributed by atoms with Crippen LogP contribution < -0.4 is 0 Å². The number of halogens is 3. The van der Waals surface area contributed by atoms with Crippen LogP contribution in [0, 0.1) is 5.82 Å². The second-order valence-corrected chi connectivity index (χ2v) is 6.25. The average Bonchev–Trinajstić information content (AvgIpc) is 2.46. The number of alkyl halides is 2. The van der Waals surface area contributed by atoms with Gasteiger partial charge in [-0.05, 0) is 29.3 Å². The maximum Gasteiger partial charge on any atom is 0.399 e. The van der Waals surface area contributed by atoms with Gasteiger partial charge in [0.1, 0.15) is 5.82 Å². The lowest BCUT2D eigenvalue weighted by Crippen LogP contribution is -2.13. The molecule has 2 N–H and O–H groups in total. The minimum Gasteiger partial charge on any atom is -0.320 e. The maximum absolute atomic E-state index is 13.6. The Bertz CT molecular complexity index is 736. The van der Waals surface area contributed by atoms with E-state index in [0.717, 1.165) is 12.1 Å². The number of rotatable bonds is 4. The van der Waals surface area contributed by atoms with Crippen molar-refractivity contribution in [3.8, 4) is 0 Å². The highest BCUT2D eigenvalue weighted by atomic mass is 31.2. The fourth-order valence-electron chi connectivity index (χ4n) is 1.76. The van der Waals surface area contributed by atoms with E-state index in [0.29, 0.717) is 11.1 Å². The van der Waals surface area contributed by atoms with Crippen LogP contribution in [0.25, 0.3) is 12.2 Å². The van der Waals surface area contributed by atoms with Gasteiger partial charge in [0.15, 0.2) is 0 Å². The molecule has 0 amide bonds. The number of benzene rings is 2. The van der Waals surface area contributed by atoms with Crippen molar-refractivity contribution < 1.29 is 27.5 Å². The van der Waals surface area contributed by atoms with Crippen molar-refractivity contribution in [1.82, 2.24) is 0 Å². The fourth-order valence-corrected chi connectivity index (χ4v) is 2.24. The van der Waals surface area contributed by atoms with Crippen LogP contribution in [0.15, 0.2) is 48.5 Å². The standard InChI is InChI=1S/C15H12F3O3P/c16-14-8-6-11(7-9-14)4-5-12-2-1-3-13(10-12)15(17,18)22(19,20)21/h1-10H,(H2,19,20,21)/b5-4-. The van der Waals surface area contributed by atoms with Crippen molar-refractivity contribution in [3.05, 3.63) is 71.0 Å². The third-order valence-corrected chi connectivity index (χ3v) is 3.93. The molecule has 7 heteroatoms. The monoisotopic (exact) mass is 328 g/mol. The highest BCUT2D eigenvalue weighted by Gasteiger charge is 2.50. The van der Waals surface area contributed by atoms with Crippen molar-refractivity contribution in [2.75, 3.05) is 0 Å². The van der Waals surface area contributed by atoms with Crippen LogP contribution in [0.3, 0.4) is 0 Å². The van der Waals surface area contributed by atoms with E-state index in [1.54, 1.807) is 6.08 Å². The van der Waals surface area contributed by atoms with Crippen LogP contribution in [0.2, 0.25) is 0 Å². The minimum absolute atomic E-state index is 0.343. The molecule has 0 fully saturated rings. The Morgan fingerprint density at radius 1 is 0.955 bits per heavy atom. The first-order valence-electron chi connectivity index (χ1n) is 6.18. The lowest BCUT2D eigenvalue weighted by Gasteiger charge is -2.18. The molecule has 0 atom stereocenters. The van der Waals surface area contributed by atoms with Crippen LogP contribution >= 0.6 is 7.60 Å². The van der Waals surface area contributed by atoms with Crippen LogP contribution in [0.1, 0.15) is 16.7 Å². The Morgan fingerprint density at radius 3 is 2.14 bits per heavy atom. The van der Waals surface area contributed by atoms with E-state index in [1.165, 1.54) is 42.5 Å². The molecule has 0 saturated heterocycles. The first-order valence-corrected chi connectivity index (χ1v) is 7.79. The molecule has 0 heterocycles.